The molecule has 0 aliphatic heterocycles. The minimum Gasteiger partial charge on any atom is -0.494 e. The van der Waals surface area contributed by atoms with Crippen molar-refractivity contribution < 1.29 is 27.1 Å². The Morgan fingerprint density at radius 3 is 2.12 bits per heavy atom. The third-order valence-electron chi connectivity index (χ3n) is 6.23. The number of carbonyl (C=O) groups is 2. The predicted octanol–water partition coefficient (Wildman–Crippen LogP) is 5.37. The van der Waals surface area contributed by atoms with Crippen LogP contribution >= 0.6 is 15.9 Å². The standard InChI is InChI=1S/C30H35BrFN3O5S/c1-5-40-27-14-12-26(13-15-27)35(41(38,39)28-16-8-24(31)9-17-28)20-29(36)34(19-23-6-10-25(32)11-7-23)22(4)30(37)33-18-21(2)3/h6-17,21-22H,5,18-20H2,1-4H3,(H,33,37)/t22-/m0/s1. The fourth-order valence-corrected chi connectivity index (χ4v) is 5.64. The molecule has 8 nitrogen and oxygen atoms in total. The second kappa shape index (κ2) is 14.5. The molecule has 0 saturated heterocycles. The number of nitrogens with one attached hydrogen (secondary N) is 1. The molecule has 0 unspecified atom stereocenters. The molecule has 0 spiro atoms. The third-order valence-corrected chi connectivity index (χ3v) is 8.55. The highest BCUT2D eigenvalue weighted by Crippen LogP contribution is 2.27. The molecule has 3 rings (SSSR count). The molecule has 0 aromatic heterocycles. The first-order chi connectivity index (χ1) is 19.4. The van der Waals surface area contributed by atoms with E-state index < -0.39 is 34.3 Å². The summed E-state index contributed by atoms with van der Waals surface area (Å²) in [7, 11) is -4.20. The molecule has 0 fully saturated rings. The van der Waals surface area contributed by atoms with E-state index >= 15 is 0 Å². The second-order valence-corrected chi connectivity index (χ2v) is 12.6. The van der Waals surface area contributed by atoms with Crippen molar-refractivity contribution in [2.24, 2.45) is 5.92 Å². The van der Waals surface area contributed by atoms with Gasteiger partial charge < -0.3 is 15.0 Å². The number of amides is 2. The van der Waals surface area contributed by atoms with E-state index in [1.165, 1.54) is 41.3 Å². The Morgan fingerprint density at radius 1 is 0.951 bits per heavy atom. The summed E-state index contributed by atoms with van der Waals surface area (Å²) in [5, 5.41) is 2.83. The van der Waals surface area contributed by atoms with Crippen molar-refractivity contribution in [3.8, 4) is 5.75 Å². The molecule has 3 aromatic carbocycles. The lowest BCUT2D eigenvalue weighted by Gasteiger charge is -2.32. The van der Waals surface area contributed by atoms with Crippen LogP contribution in [0.4, 0.5) is 10.1 Å². The average Bonchev–Trinajstić information content (AvgIpc) is 2.94. The van der Waals surface area contributed by atoms with Crippen LogP contribution in [0.2, 0.25) is 0 Å². The summed E-state index contributed by atoms with van der Waals surface area (Å²) >= 11 is 3.32. The van der Waals surface area contributed by atoms with E-state index in [1.54, 1.807) is 43.3 Å². The first kappa shape index (κ1) is 32.1. The second-order valence-electron chi connectivity index (χ2n) is 9.86. The summed E-state index contributed by atoms with van der Waals surface area (Å²) in [4.78, 5) is 28.2. The normalized spacial score (nSPS) is 12.1. The van der Waals surface area contributed by atoms with Crippen LogP contribution in [0.25, 0.3) is 0 Å². The third kappa shape index (κ3) is 8.77. The van der Waals surface area contributed by atoms with Crippen molar-refractivity contribution in [2.75, 3.05) is 24.0 Å². The quantitative estimate of drug-likeness (QED) is 0.269. The molecule has 0 bridgehead atoms. The van der Waals surface area contributed by atoms with Crippen LogP contribution in [0.3, 0.4) is 0 Å². The van der Waals surface area contributed by atoms with Gasteiger partial charge >= 0.3 is 0 Å². The summed E-state index contributed by atoms with van der Waals surface area (Å²) in [5.74, 6) is -0.666. The molecule has 3 aromatic rings. The first-order valence-corrected chi connectivity index (χ1v) is 15.5. The van der Waals surface area contributed by atoms with Gasteiger partial charge in [0.1, 0.15) is 24.2 Å². The molecular formula is C30H35BrFN3O5S. The first-order valence-electron chi connectivity index (χ1n) is 13.2. The molecule has 0 aliphatic carbocycles. The van der Waals surface area contributed by atoms with Crippen LogP contribution in [0.15, 0.2) is 82.2 Å². The number of benzene rings is 3. The zero-order valence-electron chi connectivity index (χ0n) is 23.5. The molecule has 11 heteroatoms. The van der Waals surface area contributed by atoms with E-state index in [2.05, 4.69) is 21.2 Å². The lowest BCUT2D eigenvalue weighted by Crippen LogP contribution is -2.51. The zero-order chi connectivity index (χ0) is 30.2. The predicted molar refractivity (Wildman–Crippen MR) is 161 cm³/mol. The number of carbonyl (C=O) groups excluding carboxylic acids is 2. The number of hydrogen-bond acceptors (Lipinski definition) is 5. The maximum absolute atomic E-state index is 13.9. The van der Waals surface area contributed by atoms with Crippen molar-refractivity contribution in [2.45, 2.75) is 45.2 Å². The molecule has 1 N–H and O–H groups in total. The van der Waals surface area contributed by atoms with Gasteiger partial charge in [0.15, 0.2) is 0 Å². The van der Waals surface area contributed by atoms with E-state index in [1.807, 2.05) is 20.8 Å². The van der Waals surface area contributed by atoms with E-state index in [0.717, 1.165) is 4.31 Å². The number of sulfonamides is 1. The topological polar surface area (TPSA) is 96.0 Å². The Bertz CT molecular complexity index is 1420. The van der Waals surface area contributed by atoms with E-state index in [-0.39, 0.29) is 29.0 Å². The van der Waals surface area contributed by atoms with Gasteiger partial charge in [-0.15, -0.1) is 0 Å². The Hall–Kier alpha value is -3.44. The van der Waals surface area contributed by atoms with E-state index in [0.29, 0.717) is 28.9 Å². The van der Waals surface area contributed by atoms with Crippen molar-refractivity contribution in [1.82, 2.24) is 10.2 Å². The molecule has 0 aliphatic rings. The fourth-order valence-electron chi connectivity index (χ4n) is 3.96. The zero-order valence-corrected chi connectivity index (χ0v) is 25.9. The SMILES string of the molecule is CCOc1ccc(N(CC(=O)N(Cc2ccc(F)cc2)[C@@H](C)C(=O)NCC(C)C)S(=O)(=O)c2ccc(Br)cc2)cc1. The summed E-state index contributed by atoms with van der Waals surface area (Å²) in [5.41, 5.74) is 0.843. The molecule has 220 valence electrons. The van der Waals surface area contributed by atoms with Crippen LogP contribution in [0.1, 0.15) is 33.3 Å². The van der Waals surface area contributed by atoms with Gasteiger partial charge in [-0.3, -0.25) is 13.9 Å². The van der Waals surface area contributed by atoms with E-state index in [4.69, 9.17) is 4.74 Å². The van der Waals surface area contributed by atoms with Crippen LogP contribution in [-0.2, 0) is 26.2 Å². The van der Waals surface area contributed by atoms with Crippen LogP contribution < -0.4 is 14.4 Å². The molecule has 2 amide bonds. The number of rotatable bonds is 13. The maximum Gasteiger partial charge on any atom is 0.264 e. The minimum atomic E-state index is -4.20. The van der Waals surface area contributed by atoms with Crippen molar-refractivity contribution in [1.29, 1.82) is 0 Å². The van der Waals surface area contributed by atoms with Crippen molar-refractivity contribution in [3.63, 3.8) is 0 Å². The van der Waals surface area contributed by atoms with Crippen molar-refractivity contribution in [3.05, 3.63) is 88.6 Å². The molecule has 0 radical (unpaired) electrons. The molecular weight excluding hydrogens is 613 g/mol. The fraction of sp³-hybridized carbons (Fsp3) is 0.333. The minimum absolute atomic E-state index is 0.00445. The number of halogens is 2. The van der Waals surface area contributed by atoms with Crippen LogP contribution in [0.5, 0.6) is 5.75 Å². The van der Waals surface area contributed by atoms with Gasteiger partial charge in [0.25, 0.3) is 10.0 Å². The lowest BCUT2D eigenvalue weighted by molar-refractivity contribution is -0.139. The number of ether oxygens (including phenoxy) is 1. The largest absolute Gasteiger partial charge is 0.494 e. The summed E-state index contributed by atoms with van der Waals surface area (Å²) in [6.45, 7) is 7.58. The highest BCUT2D eigenvalue weighted by Gasteiger charge is 2.32. The number of anilines is 1. The van der Waals surface area contributed by atoms with Gasteiger partial charge in [-0.25, -0.2) is 12.8 Å². The van der Waals surface area contributed by atoms with Gasteiger partial charge in [0.2, 0.25) is 11.8 Å². The van der Waals surface area contributed by atoms with Gasteiger partial charge in [0, 0.05) is 17.6 Å². The monoisotopic (exact) mass is 647 g/mol. The Morgan fingerprint density at radius 2 is 1.56 bits per heavy atom. The smallest absolute Gasteiger partial charge is 0.264 e. The Balaban J connectivity index is 2.01. The molecule has 41 heavy (non-hydrogen) atoms. The van der Waals surface area contributed by atoms with Crippen molar-refractivity contribution >= 4 is 43.5 Å². The van der Waals surface area contributed by atoms with Gasteiger partial charge in [-0.2, -0.15) is 0 Å². The lowest BCUT2D eigenvalue weighted by atomic mass is 10.1. The highest BCUT2D eigenvalue weighted by atomic mass is 79.9. The molecule has 0 heterocycles. The van der Waals surface area contributed by atoms with Gasteiger partial charge in [-0.05, 0) is 86.0 Å². The van der Waals surface area contributed by atoms with Gasteiger partial charge in [-0.1, -0.05) is 41.9 Å². The maximum atomic E-state index is 13.9. The number of hydrogen-bond donors (Lipinski definition) is 1. The summed E-state index contributed by atoms with van der Waals surface area (Å²) < 4.78 is 48.5. The van der Waals surface area contributed by atoms with E-state index in [9.17, 15) is 22.4 Å². The molecule has 0 saturated carbocycles. The Labute approximate surface area is 249 Å². The van der Waals surface area contributed by atoms with Crippen LogP contribution in [-0.4, -0.2) is 50.9 Å². The Kier molecular flexibility index (Phi) is 11.3. The summed E-state index contributed by atoms with van der Waals surface area (Å²) in [6.07, 6.45) is 0. The number of nitrogens with zero attached hydrogens (tertiary/aromatic N) is 2. The highest BCUT2D eigenvalue weighted by molar-refractivity contribution is 9.10. The molecule has 1 atom stereocenters. The summed E-state index contributed by atoms with van der Waals surface area (Å²) in [6, 6.07) is 17.2. The van der Waals surface area contributed by atoms with Crippen LogP contribution in [0, 0.1) is 11.7 Å². The van der Waals surface area contributed by atoms with Gasteiger partial charge in [0.05, 0.1) is 17.2 Å². The average molecular weight is 649 g/mol.